The lowest BCUT2D eigenvalue weighted by Crippen LogP contribution is -2.38. The van der Waals surface area contributed by atoms with E-state index in [1.807, 2.05) is 31.0 Å². The predicted octanol–water partition coefficient (Wildman–Crippen LogP) is 4.74. The van der Waals surface area contributed by atoms with Gasteiger partial charge in [0.15, 0.2) is 0 Å². The Kier molecular flexibility index (Phi) is 6.69. The van der Waals surface area contributed by atoms with E-state index in [0.717, 1.165) is 18.6 Å². The van der Waals surface area contributed by atoms with Crippen LogP contribution in [0.25, 0.3) is 0 Å². The fourth-order valence-electron chi connectivity index (χ4n) is 3.67. The van der Waals surface area contributed by atoms with Crippen LogP contribution in [0.2, 0.25) is 0 Å². The minimum atomic E-state index is -0.247. The van der Waals surface area contributed by atoms with Gasteiger partial charge in [-0.05, 0) is 56.2 Å². The van der Waals surface area contributed by atoms with Gasteiger partial charge in [0.05, 0.1) is 17.9 Å². The predicted molar refractivity (Wildman–Crippen MR) is 111 cm³/mol. The van der Waals surface area contributed by atoms with Crippen LogP contribution in [0.3, 0.4) is 0 Å². The number of ether oxygens (including phenoxy) is 1. The quantitative estimate of drug-likeness (QED) is 0.787. The molecule has 1 N–H and O–H groups in total. The summed E-state index contributed by atoms with van der Waals surface area (Å²) >= 11 is 0. The molecule has 2 aromatic rings. The molecule has 2 aromatic carbocycles. The van der Waals surface area contributed by atoms with Gasteiger partial charge in [0.25, 0.3) is 11.8 Å². The van der Waals surface area contributed by atoms with Crippen molar-refractivity contribution < 1.29 is 14.3 Å². The van der Waals surface area contributed by atoms with Crippen molar-refractivity contribution in [3.8, 4) is 5.75 Å². The van der Waals surface area contributed by atoms with Crippen molar-refractivity contribution >= 4 is 17.5 Å². The summed E-state index contributed by atoms with van der Waals surface area (Å²) in [6.45, 7) is 2.49. The Morgan fingerprint density at radius 2 is 1.71 bits per heavy atom. The Labute approximate surface area is 166 Å². The Morgan fingerprint density at radius 3 is 2.39 bits per heavy atom. The van der Waals surface area contributed by atoms with Crippen molar-refractivity contribution in [1.82, 2.24) is 4.90 Å². The third-order valence-electron chi connectivity index (χ3n) is 5.28. The maximum atomic E-state index is 13.1. The standard InChI is InChI=1S/C23H28N2O3/c1-3-28-19-15-13-17(14-16-19)22(26)24-21-12-8-7-11-20(21)23(27)25(2)18-9-5-4-6-10-18/h7-8,11-16,18H,3-6,9-10H2,1-2H3,(H,24,26). The van der Waals surface area contributed by atoms with E-state index in [1.165, 1.54) is 19.3 Å². The zero-order valence-electron chi connectivity index (χ0n) is 16.6. The lowest BCUT2D eigenvalue weighted by atomic mass is 9.94. The second-order valence-electron chi connectivity index (χ2n) is 7.16. The number of amides is 2. The Hall–Kier alpha value is -2.82. The van der Waals surface area contributed by atoms with Crippen LogP contribution in [0.1, 0.15) is 59.7 Å². The van der Waals surface area contributed by atoms with Gasteiger partial charge in [-0.3, -0.25) is 9.59 Å². The number of carbonyl (C=O) groups excluding carboxylic acids is 2. The number of anilines is 1. The van der Waals surface area contributed by atoms with Crippen LogP contribution in [0.5, 0.6) is 5.75 Å². The average molecular weight is 380 g/mol. The normalized spacial score (nSPS) is 14.4. The highest BCUT2D eigenvalue weighted by Crippen LogP contribution is 2.25. The molecule has 0 atom stereocenters. The molecule has 1 fully saturated rings. The summed E-state index contributed by atoms with van der Waals surface area (Å²) < 4.78 is 5.41. The van der Waals surface area contributed by atoms with Crippen molar-refractivity contribution in [1.29, 1.82) is 0 Å². The van der Waals surface area contributed by atoms with Gasteiger partial charge >= 0.3 is 0 Å². The fourth-order valence-corrected chi connectivity index (χ4v) is 3.67. The molecule has 28 heavy (non-hydrogen) atoms. The summed E-state index contributed by atoms with van der Waals surface area (Å²) in [5.41, 5.74) is 1.58. The monoisotopic (exact) mass is 380 g/mol. The van der Waals surface area contributed by atoms with Gasteiger partial charge in [0.2, 0.25) is 0 Å². The summed E-state index contributed by atoms with van der Waals surface area (Å²) in [6, 6.07) is 14.5. The first-order chi connectivity index (χ1) is 13.6. The SMILES string of the molecule is CCOc1ccc(C(=O)Nc2ccccc2C(=O)N(C)C2CCCCC2)cc1. The van der Waals surface area contributed by atoms with Gasteiger partial charge in [-0.25, -0.2) is 0 Å². The number of benzene rings is 2. The molecule has 0 heterocycles. The number of carbonyl (C=O) groups is 2. The van der Waals surface area contributed by atoms with Crippen molar-refractivity contribution in [3.63, 3.8) is 0 Å². The van der Waals surface area contributed by atoms with Crippen LogP contribution in [0.15, 0.2) is 48.5 Å². The van der Waals surface area contributed by atoms with Gasteiger partial charge in [0, 0.05) is 18.7 Å². The van der Waals surface area contributed by atoms with Crippen LogP contribution in [-0.2, 0) is 0 Å². The molecule has 148 valence electrons. The van der Waals surface area contributed by atoms with Crippen molar-refractivity contribution in [3.05, 3.63) is 59.7 Å². The molecular weight excluding hydrogens is 352 g/mol. The van der Waals surface area contributed by atoms with Crippen LogP contribution in [-0.4, -0.2) is 36.4 Å². The molecule has 0 aromatic heterocycles. The van der Waals surface area contributed by atoms with Gasteiger partial charge in [-0.1, -0.05) is 31.4 Å². The minimum Gasteiger partial charge on any atom is -0.494 e. The van der Waals surface area contributed by atoms with E-state index < -0.39 is 0 Å². The molecule has 0 bridgehead atoms. The molecule has 0 saturated heterocycles. The minimum absolute atomic E-state index is 0.0468. The molecule has 1 saturated carbocycles. The van der Waals surface area contributed by atoms with E-state index in [1.54, 1.807) is 36.4 Å². The first kappa shape index (κ1) is 19.9. The number of rotatable bonds is 6. The maximum Gasteiger partial charge on any atom is 0.255 e. The van der Waals surface area contributed by atoms with Crippen LogP contribution in [0, 0.1) is 0 Å². The Morgan fingerprint density at radius 1 is 1.04 bits per heavy atom. The van der Waals surface area contributed by atoms with Gasteiger partial charge in [0.1, 0.15) is 5.75 Å². The molecule has 2 amide bonds. The summed E-state index contributed by atoms with van der Waals surface area (Å²) in [6.07, 6.45) is 5.66. The lowest BCUT2D eigenvalue weighted by molar-refractivity contribution is 0.0697. The topological polar surface area (TPSA) is 58.6 Å². The number of para-hydroxylation sites is 1. The number of hydrogen-bond acceptors (Lipinski definition) is 3. The van der Waals surface area contributed by atoms with Crippen molar-refractivity contribution in [2.45, 2.75) is 45.1 Å². The number of nitrogens with one attached hydrogen (secondary N) is 1. The highest BCUT2D eigenvalue weighted by atomic mass is 16.5. The van der Waals surface area contributed by atoms with Crippen LogP contribution < -0.4 is 10.1 Å². The first-order valence-electron chi connectivity index (χ1n) is 10.0. The van der Waals surface area contributed by atoms with E-state index >= 15 is 0 Å². The van der Waals surface area contributed by atoms with E-state index in [0.29, 0.717) is 23.4 Å². The molecule has 1 aliphatic carbocycles. The maximum absolute atomic E-state index is 13.1. The molecule has 0 radical (unpaired) electrons. The van der Waals surface area contributed by atoms with E-state index in [9.17, 15) is 9.59 Å². The molecule has 5 nitrogen and oxygen atoms in total. The van der Waals surface area contributed by atoms with E-state index in [-0.39, 0.29) is 17.9 Å². The summed E-state index contributed by atoms with van der Waals surface area (Å²) in [5.74, 6) is 0.432. The highest BCUT2D eigenvalue weighted by Gasteiger charge is 2.24. The average Bonchev–Trinajstić information content (AvgIpc) is 2.74. The second kappa shape index (κ2) is 9.40. The largest absolute Gasteiger partial charge is 0.494 e. The number of nitrogens with zero attached hydrogens (tertiary/aromatic N) is 1. The van der Waals surface area contributed by atoms with Gasteiger partial charge in [-0.15, -0.1) is 0 Å². The number of hydrogen-bond donors (Lipinski definition) is 1. The molecule has 3 rings (SSSR count). The lowest BCUT2D eigenvalue weighted by Gasteiger charge is -2.31. The molecule has 1 aliphatic rings. The zero-order valence-corrected chi connectivity index (χ0v) is 16.6. The Bertz CT molecular complexity index is 811. The first-order valence-corrected chi connectivity index (χ1v) is 10.0. The smallest absolute Gasteiger partial charge is 0.255 e. The molecular formula is C23H28N2O3. The second-order valence-corrected chi connectivity index (χ2v) is 7.16. The van der Waals surface area contributed by atoms with Crippen LogP contribution >= 0.6 is 0 Å². The third-order valence-corrected chi connectivity index (χ3v) is 5.28. The van der Waals surface area contributed by atoms with E-state index in [2.05, 4.69) is 5.32 Å². The summed E-state index contributed by atoms with van der Waals surface area (Å²) in [4.78, 5) is 27.5. The summed E-state index contributed by atoms with van der Waals surface area (Å²) in [5, 5.41) is 2.89. The Balaban J connectivity index is 1.74. The van der Waals surface area contributed by atoms with Gasteiger partial charge < -0.3 is 15.0 Å². The fraction of sp³-hybridized carbons (Fsp3) is 0.391. The van der Waals surface area contributed by atoms with E-state index in [4.69, 9.17) is 4.74 Å². The molecule has 0 spiro atoms. The van der Waals surface area contributed by atoms with Crippen LogP contribution in [0.4, 0.5) is 5.69 Å². The molecule has 0 aliphatic heterocycles. The molecule has 5 heteroatoms. The molecule has 0 unspecified atom stereocenters. The summed E-state index contributed by atoms with van der Waals surface area (Å²) in [7, 11) is 1.86. The van der Waals surface area contributed by atoms with Crippen molar-refractivity contribution in [2.75, 3.05) is 19.0 Å². The zero-order chi connectivity index (χ0) is 19.9. The highest BCUT2D eigenvalue weighted by molar-refractivity contribution is 6.09. The third kappa shape index (κ3) is 4.71. The van der Waals surface area contributed by atoms with Crippen molar-refractivity contribution in [2.24, 2.45) is 0 Å². The van der Waals surface area contributed by atoms with Gasteiger partial charge in [-0.2, -0.15) is 0 Å².